The molecule has 0 aliphatic carbocycles. The van der Waals surface area contributed by atoms with Crippen molar-refractivity contribution in [3.63, 3.8) is 0 Å². The van der Waals surface area contributed by atoms with Gasteiger partial charge in [-0.25, -0.2) is 21.9 Å². The standard InChI is InChI=1S/C22H25F2N3O5S/c23-17-5-3-16(4-6-17)12-25-21(28)15-27(14-19-2-1-11-32-19)22(29)13-26-33(30,31)20-9-7-18(24)8-10-20/h3-10,19,26H,1-2,11-15H2,(H,25,28)/t19-/m1/s1. The topological polar surface area (TPSA) is 105 Å². The van der Waals surface area contributed by atoms with Crippen LogP contribution in [0.4, 0.5) is 8.78 Å². The third-order valence-electron chi connectivity index (χ3n) is 5.08. The number of nitrogens with zero attached hydrogens (tertiary/aromatic N) is 1. The first-order chi connectivity index (χ1) is 15.7. The van der Waals surface area contributed by atoms with Crippen LogP contribution in [0.15, 0.2) is 53.4 Å². The fourth-order valence-electron chi connectivity index (χ4n) is 3.29. The van der Waals surface area contributed by atoms with Crippen LogP contribution in [0.2, 0.25) is 0 Å². The Morgan fingerprint density at radius 1 is 1.03 bits per heavy atom. The molecule has 2 aromatic carbocycles. The van der Waals surface area contributed by atoms with Gasteiger partial charge in [-0.2, -0.15) is 0 Å². The smallest absolute Gasteiger partial charge is 0.241 e. The van der Waals surface area contributed by atoms with E-state index in [1.165, 1.54) is 29.2 Å². The Hall–Kier alpha value is -2.89. The van der Waals surface area contributed by atoms with E-state index in [2.05, 4.69) is 10.0 Å². The first-order valence-corrected chi connectivity index (χ1v) is 11.9. The maximum absolute atomic E-state index is 13.1. The lowest BCUT2D eigenvalue weighted by atomic mass is 10.2. The Labute approximate surface area is 191 Å². The highest BCUT2D eigenvalue weighted by Gasteiger charge is 2.25. The van der Waals surface area contributed by atoms with Crippen LogP contribution in [-0.2, 0) is 30.9 Å². The van der Waals surface area contributed by atoms with E-state index in [-0.39, 0.29) is 36.5 Å². The fraction of sp³-hybridized carbons (Fsp3) is 0.364. The Bertz CT molecular complexity index is 1060. The highest BCUT2D eigenvalue weighted by atomic mass is 32.2. The van der Waals surface area contributed by atoms with E-state index in [9.17, 15) is 26.8 Å². The van der Waals surface area contributed by atoms with Gasteiger partial charge in [-0.05, 0) is 54.8 Å². The van der Waals surface area contributed by atoms with E-state index >= 15 is 0 Å². The zero-order chi connectivity index (χ0) is 23.8. The summed E-state index contributed by atoms with van der Waals surface area (Å²) in [6.45, 7) is -0.0180. The predicted molar refractivity (Wildman–Crippen MR) is 115 cm³/mol. The summed E-state index contributed by atoms with van der Waals surface area (Å²) in [5.41, 5.74) is 0.689. The SMILES string of the molecule is O=C(CN(C[C@H]1CCCO1)C(=O)CNS(=O)(=O)c1ccc(F)cc1)NCc1ccc(F)cc1. The monoisotopic (exact) mass is 481 g/mol. The average molecular weight is 482 g/mol. The van der Waals surface area contributed by atoms with Crippen molar-refractivity contribution in [1.29, 1.82) is 0 Å². The second-order valence-corrected chi connectivity index (χ2v) is 9.36. The molecule has 178 valence electrons. The number of benzene rings is 2. The molecule has 1 aliphatic rings. The van der Waals surface area contributed by atoms with E-state index in [1.807, 2.05) is 0 Å². The van der Waals surface area contributed by atoms with Crippen LogP contribution in [0.1, 0.15) is 18.4 Å². The number of carbonyl (C=O) groups is 2. The van der Waals surface area contributed by atoms with Crippen LogP contribution in [0, 0.1) is 11.6 Å². The largest absolute Gasteiger partial charge is 0.376 e. The van der Waals surface area contributed by atoms with Gasteiger partial charge in [-0.3, -0.25) is 9.59 Å². The zero-order valence-electron chi connectivity index (χ0n) is 17.8. The van der Waals surface area contributed by atoms with Gasteiger partial charge in [0.05, 0.1) is 24.1 Å². The van der Waals surface area contributed by atoms with Gasteiger partial charge < -0.3 is 15.0 Å². The van der Waals surface area contributed by atoms with Crippen molar-refractivity contribution < 1.29 is 31.5 Å². The fourth-order valence-corrected chi connectivity index (χ4v) is 4.26. The van der Waals surface area contributed by atoms with Crippen LogP contribution >= 0.6 is 0 Å². The summed E-state index contributed by atoms with van der Waals surface area (Å²) in [5, 5.41) is 2.66. The quantitative estimate of drug-likeness (QED) is 0.536. The number of sulfonamides is 1. The molecule has 1 fully saturated rings. The minimum Gasteiger partial charge on any atom is -0.376 e. The maximum Gasteiger partial charge on any atom is 0.241 e. The third kappa shape index (κ3) is 7.58. The average Bonchev–Trinajstić information content (AvgIpc) is 3.30. The lowest BCUT2D eigenvalue weighted by Gasteiger charge is -2.25. The lowest BCUT2D eigenvalue weighted by molar-refractivity contribution is -0.136. The number of nitrogens with one attached hydrogen (secondary N) is 2. The van der Waals surface area contributed by atoms with E-state index in [1.54, 1.807) is 0 Å². The van der Waals surface area contributed by atoms with Gasteiger partial charge in [0.2, 0.25) is 21.8 Å². The number of hydrogen-bond acceptors (Lipinski definition) is 5. The minimum absolute atomic E-state index is 0.140. The van der Waals surface area contributed by atoms with Crippen LogP contribution < -0.4 is 10.0 Å². The lowest BCUT2D eigenvalue weighted by Crippen LogP contribution is -2.47. The van der Waals surface area contributed by atoms with Crippen LogP contribution in [0.3, 0.4) is 0 Å². The first-order valence-electron chi connectivity index (χ1n) is 10.4. The second kappa shape index (κ2) is 11.3. The molecule has 3 rings (SSSR count). The van der Waals surface area contributed by atoms with Crippen molar-refractivity contribution in [3.8, 4) is 0 Å². The molecule has 0 saturated carbocycles. The van der Waals surface area contributed by atoms with Gasteiger partial charge in [0.1, 0.15) is 11.6 Å². The van der Waals surface area contributed by atoms with E-state index in [0.717, 1.165) is 37.1 Å². The highest BCUT2D eigenvalue weighted by Crippen LogP contribution is 2.14. The molecule has 1 atom stereocenters. The summed E-state index contributed by atoms with van der Waals surface area (Å²) in [6.07, 6.45) is 1.32. The molecule has 1 saturated heterocycles. The number of amides is 2. The first kappa shape index (κ1) is 24.7. The van der Waals surface area contributed by atoms with E-state index in [0.29, 0.717) is 12.2 Å². The summed E-state index contributed by atoms with van der Waals surface area (Å²) >= 11 is 0. The number of rotatable bonds is 10. The number of halogens is 2. The third-order valence-corrected chi connectivity index (χ3v) is 6.49. The molecule has 1 heterocycles. The molecule has 11 heteroatoms. The summed E-state index contributed by atoms with van der Waals surface area (Å²) in [4.78, 5) is 26.3. The molecular weight excluding hydrogens is 456 g/mol. The number of hydrogen-bond donors (Lipinski definition) is 2. The molecule has 0 bridgehead atoms. The summed E-state index contributed by atoms with van der Waals surface area (Å²) < 4.78 is 58.6. The van der Waals surface area contributed by atoms with Crippen molar-refractivity contribution in [1.82, 2.24) is 14.9 Å². The van der Waals surface area contributed by atoms with Gasteiger partial charge in [0, 0.05) is 19.7 Å². The highest BCUT2D eigenvalue weighted by molar-refractivity contribution is 7.89. The van der Waals surface area contributed by atoms with E-state index < -0.39 is 34.2 Å². The molecule has 1 aliphatic heterocycles. The Balaban J connectivity index is 1.59. The molecule has 0 aromatic heterocycles. The second-order valence-electron chi connectivity index (χ2n) is 7.59. The molecular formula is C22H25F2N3O5S. The van der Waals surface area contributed by atoms with Crippen molar-refractivity contribution >= 4 is 21.8 Å². The molecule has 8 nitrogen and oxygen atoms in total. The summed E-state index contributed by atoms with van der Waals surface area (Å²) in [7, 11) is -4.04. The Kier molecular flexibility index (Phi) is 8.48. The van der Waals surface area contributed by atoms with Crippen LogP contribution in [0.5, 0.6) is 0 Å². The maximum atomic E-state index is 13.1. The molecule has 2 amide bonds. The molecule has 2 aromatic rings. The number of carbonyl (C=O) groups excluding carboxylic acids is 2. The van der Waals surface area contributed by atoms with Crippen molar-refractivity contribution in [2.24, 2.45) is 0 Å². The number of ether oxygens (including phenoxy) is 1. The van der Waals surface area contributed by atoms with Gasteiger partial charge in [0.25, 0.3) is 0 Å². The molecule has 0 unspecified atom stereocenters. The van der Waals surface area contributed by atoms with Gasteiger partial charge in [0.15, 0.2) is 0 Å². The molecule has 2 N–H and O–H groups in total. The van der Waals surface area contributed by atoms with Crippen molar-refractivity contribution in [2.75, 3.05) is 26.2 Å². The molecule has 33 heavy (non-hydrogen) atoms. The molecule has 0 radical (unpaired) electrons. The van der Waals surface area contributed by atoms with Crippen molar-refractivity contribution in [3.05, 3.63) is 65.7 Å². The Morgan fingerprint density at radius 2 is 1.67 bits per heavy atom. The molecule has 0 spiro atoms. The summed E-state index contributed by atoms with van der Waals surface area (Å²) in [6, 6.07) is 9.83. The van der Waals surface area contributed by atoms with E-state index in [4.69, 9.17) is 4.74 Å². The van der Waals surface area contributed by atoms with Crippen molar-refractivity contribution in [2.45, 2.75) is 30.4 Å². The predicted octanol–water partition coefficient (Wildman–Crippen LogP) is 1.57. The zero-order valence-corrected chi connectivity index (χ0v) is 18.6. The van der Waals surface area contributed by atoms with Gasteiger partial charge in [-0.15, -0.1) is 0 Å². The van der Waals surface area contributed by atoms with Gasteiger partial charge >= 0.3 is 0 Å². The minimum atomic E-state index is -4.04. The van der Waals surface area contributed by atoms with Gasteiger partial charge in [-0.1, -0.05) is 12.1 Å². The van der Waals surface area contributed by atoms with Crippen LogP contribution in [0.25, 0.3) is 0 Å². The normalized spacial score (nSPS) is 15.9. The Morgan fingerprint density at radius 3 is 2.27 bits per heavy atom. The van der Waals surface area contributed by atoms with Crippen LogP contribution in [-0.4, -0.2) is 57.5 Å². The summed E-state index contributed by atoms with van der Waals surface area (Å²) in [5.74, 6) is -2.03.